The van der Waals surface area contributed by atoms with Gasteiger partial charge in [0.2, 0.25) is 5.78 Å². The molecule has 3 unspecified atom stereocenters. The zero-order chi connectivity index (χ0) is 17.8. The van der Waals surface area contributed by atoms with Crippen molar-refractivity contribution in [3.63, 3.8) is 0 Å². The Morgan fingerprint density at radius 3 is 2.44 bits per heavy atom. The Morgan fingerprint density at radius 2 is 1.68 bits per heavy atom. The summed E-state index contributed by atoms with van der Waals surface area (Å²) in [6, 6.07) is 0. The molecule has 2 nitrogen and oxygen atoms in total. The van der Waals surface area contributed by atoms with E-state index in [-0.39, 0.29) is 11.9 Å². The predicted molar refractivity (Wildman–Crippen MR) is 99.7 cm³/mol. The standard InChI is InChI=1S/C23H34O2/c1-15(24)4-5-16-7-9-20-19-8-6-17-14-18(25)10-12-23(17,3)21(19)11-13-22(16,20)2/h16-21,25H,6-14H2,1-3H3/t16?,17?,18?,19-,20-,21+,22+,23-/m0/s1. The van der Waals surface area contributed by atoms with E-state index in [0.29, 0.717) is 16.7 Å². The van der Waals surface area contributed by atoms with Gasteiger partial charge in [0.1, 0.15) is 0 Å². The zero-order valence-corrected chi connectivity index (χ0v) is 16.2. The predicted octanol–water partition coefficient (Wildman–Crippen LogP) is 4.60. The lowest BCUT2D eigenvalue weighted by Gasteiger charge is -2.60. The number of carbonyl (C=O) groups is 1. The number of fused-ring (bicyclic) bond motifs is 5. The Labute approximate surface area is 153 Å². The van der Waals surface area contributed by atoms with Crippen molar-refractivity contribution in [2.75, 3.05) is 0 Å². The fourth-order valence-electron chi connectivity index (χ4n) is 7.66. The van der Waals surface area contributed by atoms with E-state index in [4.69, 9.17) is 0 Å². The van der Waals surface area contributed by atoms with Crippen molar-refractivity contribution in [1.82, 2.24) is 0 Å². The van der Waals surface area contributed by atoms with E-state index in [1.807, 2.05) is 0 Å². The topological polar surface area (TPSA) is 37.3 Å². The van der Waals surface area contributed by atoms with Crippen LogP contribution in [0.15, 0.2) is 0 Å². The van der Waals surface area contributed by atoms with Crippen LogP contribution < -0.4 is 0 Å². The number of rotatable bonds is 0. The second kappa shape index (κ2) is 6.12. The molecule has 4 fully saturated rings. The van der Waals surface area contributed by atoms with Crippen molar-refractivity contribution in [3.05, 3.63) is 0 Å². The van der Waals surface area contributed by atoms with Gasteiger partial charge in [-0.1, -0.05) is 19.8 Å². The molecule has 0 bridgehead atoms. The fraction of sp³-hybridized carbons (Fsp3) is 0.870. The van der Waals surface area contributed by atoms with Crippen molar-refractivity contribution in [3.8, 4) is 11.8 Å². The summed E-state index contributed by atoms with van der Waals surface area (Å²) in [6.45, 7) is 6.60. The molecule has 0 heterocycles. The van der Waals surface area contributed by atoms with Gasteiger partial charge >= 0.3 is 0 Å². The van der Waals surface area contributed by atoms with Crippen molar-refractivity contribution in [2.45, 2.75) is 84.7 Å². The number of hydrogen-bond acceptors (Lipinski definition) is 2. The van der Waals surface area contributed by atoms with Gasteiger partial charge in [-0.15, -0.1) is 0 Å². The number of Topliss-reactive ketones (excluding diaryl/α,β-unsaturated/α-hetero) is 1. The molecule has 25 heavy (non-hydrogen) atoms. The summed E-state index contributed by atoms with van der Waals surface area (Å²) in [4.78, 5) is 11.3. The van der Waals surface area contributed by atoms with Gasteiger partial charge in [0.25, 0.3) is 0 Å². The van der Waals surface area contributed by atoms with E-state index >= 15 is 0 Å². The molecule has 4 aliphatic carbocycles. The Hall–Kier alpha value is -0.810. The number of ketones is 1. The van der Waals surface area contributed by atoms with Crippen LogP contribution in [-0.4, -0.2) is 17.0 Å². The molecule has 4 aliphatic rings. The van der Waals surface area contributed by atoms with Crippen LogP contribution in [0.3, 0.4) is 0 Å². The third-order valence-electron chi connectivity index (χ3n) is 9.06. The molecule has 4 rings (SSSR count). The van der Waals surface area contributed by atoms with E-state index in [0.717, 1.165) is 36.5 Å². The van der Waals surface area contributed by atoms with Gasteiger partial charge in [-0.25, -0.2) is 0 Å². The van der Waals surface area contributed by atoms with Crippen LogP contribution in [0.1, 0.15) is 78.6 Å². The first kappa shape index (κ1) is 17.6. The molecule has 2 heteroatoms. The van der Waals surface area contributed by atoms with Crippen molar-refractivity contribution >= 4 is 5.78 Å². The van der Waals surface area contributed by atoms with E-state index in [1.165, 1.54) is 44.9 Å². The summed E-state index contributed by atoms with van der Waals surface area (Å²) in [5.74, 6) is 9.86. The van der Waals surface area contributed by atoms with Crippen LogP contribution in [-0.2, 0) is 4.79 Å². The Morgan fingerprint density at radius 1 is 0.960 bits per heavy atom. The van der Waals surface area contributed by atoms with E-state index < -0.39 is 0 Å². The summed E-state index contributed by atoms with van der Waals surface area (Å²) in [6.07, 6.45) is 11.0. The summed E-state index contributed by atoms with van der Waals surface area (Å²) in [5.41, 5.74) is 0.771. The minimum atomic E-state index is -0.0544. The van der Waals surface area contributed by atoms with Crippen molar-refractivity contribution in [1.29, 1.82) is 0 Å². The molecule has 0 radical (unpaired) electrons. The molecule has 4 saturated carbocycles. The van der Waals surface area contributed by atoms with Crippen LogP contribution in [0.25, 0.3) is 0 Å². The highest BCUT2D eigenvalue weighted by molar-refractivity contribution is 5.93. The van der Waals surface area contributed by atoms with Gasteiger partial charge in [-0.05, 0) is 98.2 Å². The quantitative estimate of drug-likeness (QED) is 0.516. The molecule has 1 N–H and O–H groups in total. The molecule has 0 spiro atoms. The monoisotopic (exact) mass is 342 g/mol. The van der Waals surface area contributed by atoms with Gasteiger partial charge in [0, 0.05) is 12.8 Å². The Bertz CT molecular complexity index is 613. The zero-order valence-electron chi connectivity index (χ0n) is 16.2. The number of aliphatic hydroxyl groups is 1. The van der Waals surface area contributed by atoms with Gasteiger partial charge in [-0.3, -0.25) is 4.79 Å². The van der Waals surface area contributed by atoms with E-state index in [9.17, 15) is 9.90 Å². The molecule has 0 aromatic heterocycles. The third-order valence-corrected chi connectivity index (χ3v) is 9.06. The maximum atomic E-state index is 11.3. The van der Waals surface area contributed by atoms with Crippen LogP contribution in [0.2, 0.25) is 0 Å². The Kier molecular flexibility index (Phi) is 4.31. The summed E-state index contributed by atoms with van der Waals surface area (Å²) >= 11 is 0. The normalized spacial score (nSPS) is 51.5. The van der Waals surface area contributed by atoms with Crippen LogP contribution in [0.4, 0.5) is 0 Å². The highest BCUT2D eigenvalue weighted by atomic mass is 16.3. The third kappa shape index (κ3) is 2.69. The minimum absolute atomic E-state index is 0.00881. The SMILES string of the molecule is CC(=O)C#CC1CC[C@H]2[C@@H]3CCC4CC(O)CC[C@]4(C)[C@@H]3CC[C@]12C. The first-order valence-corrected chi connectivity index (χ1v) is 10.5. The molecule has 0 aromatic carbocycles. The van der Waals surface area contributed by atoms with Crippen LogP contribution in [0.5, 0.6) is 0 Å². The summed E-state index contributed by atoms with van der Waals surface area (Å²) in [5, 5.41) is 10.1. The van der Waals surface area contributed by atoms with Crippen LogP contribution >= 0.6 is 0 Å². The van der Waals surface area contributed by atoms with E-state index in [2.05, 4.69) is 25.7 Å². The maximum Gasteiger partial charge on any atom is 0.202 e. The molecular formula is C23H34O2. The van der Waals surface area contributed by atoms with Gasteiger partial charge < -0.3 is 5.11 Å². The Balaban J connectivity index is 1.58. The van der Waals surface area contributed by atoms with Gasteiger partial charge in [-0.2, -0.15) is 0 Å². The molecule has 0 saturated heterocycles. The first-order valence-electron chi connectivity index (χ1n) is 10.5. The summed E-state index contributed by atoms with van der Waals surface area (Å²) < 4.78 is 0. The fourth-order valence-corrected chi connectivity index (χ4v) is 7.66. The lowest BCUT2D eigenvalue weighted by atomic mass is 9.44. The maximum absolute atomic E-state index is 11.3. The van der Waals surface area contributed by atoms with Gasteiger partial charge in [0.15, 0.2) is 0 Å². The first-order chi connectivity index (χ1) is 11.8. The second-order valence-corrected chi connectivity index (χ2v) is 10.1. The largest absolute Gasteiger partial charge is 0.393 e. The van der Waals surface area contributed by atoms with Crippen LogP contribution in [0, 0.1) is 52.3 Å². The number of aliphatic hydroxyl groups excluding tert-OH is 1. The highest BCUT2D eigenvalue weighted by Gasteiger charge is 2.59. The lowest BCUT2D eigenvalue weighted by molar-refractivity contribution is -0.124. The second-order valence-electron chi connectivity index (χ2n) is 10.1. The molecule has 138 valence electrons. The molecule has 8 atom stereocenters. The van der Waals surface area contributed by atoms with E-state index in [1.54, 1.807) is 6.92 Å². The van der Waals surface area contributed by atoms with Gasteiger partial charge in [0.05, 0.1) is 6.10 Å². The molecule has 0 amide bonds. The average Bonchev–Trinajstić information content (AvgIpc) is 2.90. The molecule has 0 aromatic rings. The lowest BCUT2D eigenvalue weighted by Crippen LogP contribution is -2.53. The smallest absolute Gasteiger partial charge is 0.202 e. The highest BCUT2D eigenvalue weighted by Crippen LogP contribution is 2.67. The molecular weight excluding hydrogens is 308 g/mol. The van der Waals surface area contributed by atoms with Crippen molar-refractivity contribution in [2.24, 2.45) is 40.4 Å². The minimum Gasteiger partial charge on any atom is -0.393 e. The average molecular weight is 343 g/mol. The van der Waals surface area contributed by atoms with Crippen molar-refractivity contribution < 1.29 is 9.90 Å². The molecule has 0 aliphatic heterocycles. The number of hydrogen-bond donors (Lipinski definition) is 1. The summed E-state index contributed by atoms with van der Waals surface area (Å²) in [7, 11) is 0. The number of carbonyl (C=O) groups excluding carboxylic acids is 1.